The molecule has 1 aromatic heterocycles. The van der Waals surface area contributed by atoms with Crippen LogP contribution in [0.2, 0.25) is 0 Å². The van der Waals surface area contributed by atoms with Crippen molar-refractivity contribution in [2.75, 3.05) is 31.6 Å². The third-order valence-electron chi connectivity index (χ3n) is 3.40. The highest BCUT2D eigenvalue weighted by Crippen LogP contribution is 2.27. The molecule has 1 aliphatic heterocycles. The standard InChI is InChI=1S/C12H22N4O2/c1-4-13-8-10-14-15-11(18-10)16-7-5-6-12(2,9-16)17-3/h13H,4-9H2,1-3H3. The Hall–Kier alpha value is -1.14. The fraction of sp³-hybridized carbons (Fsp3) is 0.833. The number of ether oxygens (including phenoxy) is 1. The van der Waals surface area contributed by atoms with Gasteiger partial charge in [-0.2, -0.15) is 0 Å². The van der Waals surface area contributed by atoms with Gasteiger partial charge in [0.05, 0.1) is 18.7 Å². The van der Waals surface area contributed by atoms with E-state index >= 15 is 0 Å². The minimum atomic E-state index is -0.117. The van der Waals surface area contributed by atoms with Gasteiger partial charge in [0.1, 0.15) is 0 Å². The summed E-state index contributed by atoms with van der Waals surface area (Å²) in [4.78, 5) is 2.11. The summed E-state index contributed by atoms with van der Waals surface area (Å²) in [5.41, 5.74) is -0.117. The minimum absolute atomic E-state index is 0.117. The van der Waals surface area contributed by atoms with Crippen LogP contribution in [0, 0.1) is 0 Å². The second kappa shape index (κ2) is 5.67. The molecular formula is C12H22N4O2. The first kappa shape index (κ1) is 13.3. The Balaban J connectivity index is 2.00. The molecule has 0 spiro atoms. The molecule has 1 N–H and O–H groups in total. The summed E-state index contributed by atoms with van der Waals surface area (Å²) in [7, 11) is 1.76. The maximum atomic E-state index is 5.65. The molecule has 1 saturated heterocycles. The molecule has 18 heavy (non-hydrogen) atoms. The fourth-order valence-corrected chi connectivity index (χ4v) is 2.21. The first-order valence-electron chi connectivity index (χ1n) is 6.50. The smallest absolute Gasteiger partial charge is 0.318 e. The summed E-state index contributed by atoms with van der Waals surface area (Å²) in [6.07, 6.45) is 2.15. The van der Waals surface area contributed by atoms with Gasteiger partial charge in [-0.15, -0.1) is 5.10 Å². The fourth-order valence-electron chi connectivity index (χ4n) is 2.21. The van der Waals surface area contributed by atoms with Crippen molar-refractivity contribution in [1.82, 2.24) is 15.5 Å². The van der Waals surface area contributed by atoms with Crippen LogP contribution in [0.1, 0.15) is 32.6 Å². The molecule has 1 aromatic rings. The number of methoxy groups -OCH3 is 1. The maximum absolute atomic E-state index is 5.65. The molecular weight excluding hydrogens is 232 g/mol. The van der Waals surface area contributed by atoms with E-state index in [2.05, 4.69) is 27.3 Å². The minimum Gasteiger partial charge on any atom is -0.407 e. The van der Waals surface area contributed by atoms with Crippen molar-refractivity contribution < 1.29 is 9.15 Å². The zero-order valence-corrected chi connectivity index (χ0v) is 11.4. The lowest BCUT2D eigenvalue weighted by molar-refractivity contribution is -0.00568. The highest BCUT2D eigenvalue weighted by Gasteiger charge is 2.32. The lowest BCUT2D eigenvalue weighted by Crippen LogP contribution is -2.47. The first-order valence-corrected chi connectivity index (χ1v) is 6.50. The zero-order valence-electron chi connectivity index (χ0n) is 11.4. The summed E-state index contributed by atoms with van der Waals surface area (Å²) in [6.45, 7) is 7.43. The second-order valence-corrected chi connectivity index (χ2v) is 4.94. The van der Waals surface area contributed by atoms with Gasteiger partial charge in [0.25, 0.3) is 0 Å². The van der Waals surface area contributed by atoms with Gasteiger partial charge < -0.3 is 19.4 Å². The van der Waals surface area contributed by atoms with E-state index in [-0.39, 0.29) is 5.60 Å². The Morgan fingerprint density at radius 2 is 2.33 bits per heavy atom. The van der Waals surface area contributed by atoms with Crippen LogP contribution in [0.15, 0.2) is 4.42 Å². The molecule has 6 heteroatoms. The summed E-state index contributed by atoms with van der Waals surface area (Å²) in [5.74, 6) is 0.636. The third kappa shape index (κ3) is 3.00. The highest BCUT2D eigenvalue weighted by molar-refractivity contribution is 5.26. The molecule has 1 aliphatic rings. The van der Waals surface area contributed by atoms with Crippen LogP contribution < -0.4 is 10.2 Å². The summed E-state index contributed by atoms with van der Waals surface area (Å²) < 4.78 is 11.2. The van der Waals surface area contributed by atoms with Crippen molar-refractivity contribution in [2.45, 2.75) is 38.8 Å². The highest BCUT2D eigenvalue weighted by atomic mass is 16.5. The van der Waals surface area contributed by atoms with Crippen LogP contribution in [0.3, 0.4) is 0 Å². The lowest BCUT2D eigenvalue weighted by Gasteiger charge is -2.38. The number of hydrogen-bond acceptors (Lipinski definition) is 6. The zero-order chi connectivity index (χ0) is 13.0. The van der Waals surface area contributed by atoms with Crippen LogP contribution in [-0.2, 0) is 11.3 Å². The number of nitrogens with zero attached hydrogens (tertiary/aromatic N) is 3. The van der Waals surface area contributed by atoms with Gasteiger partial charge in [0.2, 0.25) is 5.89 Å². The predicted molar refractivity (Wildman–Crippen MR) is 68.5 cm³/mol. The van der Waals surface area contributed by atoms with Crippen LogP contribution in [-0.4, -0.2) is 42.5 Å². The summed E-state index contributed by atoms with van der Waals surface area (Å²) in [5, 5.41) is 11.3. The summed E-state index contributed by atoms with van der Waals surface area (Å²) in [6, 6.07) is 0.603. The monoisotopic (exact) mass is 254 g/mol. The molecule has 0 aromatic carbocycles. The molecule has 1 fully saturated rings. The number of piperidine rings is 1. The number of nitrogens with one attached hydrogen (secondary N) is 1. The average Bonchev–Trinajstić information content (AvgIpc) is 2.85. The predicted octanol–water partition coefficient (Wildman–Crippen LogP) is 1.18. The molecule has 0 amide bonds. The van der Waals surface area contributed by atoms with Gasteiger partial charge in [0, 0.05) is 13.7 Å². The van der Waals surface area contributed by atoms with Crippen LogP contribution in [0.4, 0.5) is 6.01 Å². The molecule has 0 saturated carbocycles. The van der Waals surface area contributed by atoms with Crippen molar-refractivity contribution in [3.63, 3.8) is 0 Å². The van der Waals surface area contributed by atoms with Gasteiger partial charge in [-0.1, -0.05) is 12.0 Å². The molecule has 1 atom stereocenters. The lowest BCUT2D eigenvalue weighted by atomic mass is 9.95. The van der Waals surface area contributed by atoms with Gasteiger partial charge in [0.15, 0.2) is 0 Å². The van der Waals surface area contributed by atoms with E-state index in [4.69, 9.17) is 9.15 Å². The Bertz CT molecular complexity index is 382. The number of rotatable bonds is 5. The Morgan fingerprint density at radius 3 is 3.06 bits per heavy atom. The largest absolute Gasteiger partial charge is 0.407 e. The van der Waals surface area contributed by atoms with E-state index in [1.807, 2.05) is 6.92 Å². The van der Waals surface area contributed by atoms with Crippen LogP contribution in [0.5, 0.6) is 0 Å². The average molecular weight is 254 g/mol. The van der Waals surface area contributed by atoms with E-state index < -0.39 is 0 Å². The number of hydrogen-bond donors (Lipinski definition) is 1. The third-order valence-corrected chi connectivity index (χ3v) is 3.40. The van der Waals surface area contributed by atoms with Crippen LogP contribution >= 0.6 is 0 Å². The molecule has 0 radical (unpaired) electrons. The molecule has 6 nitrogen and oxygen atoms in total. The maximum Gasteiger partial charge on any atom is 0.318 e. The normalized spacial score (nSPS) is 24.5. The Kier molecular flexibility index (Phi) is 4.19. The van der Waals surface area contributed by atoms with Crippen molar-refractivity contribution in [3.8, 4) is 0 Å². The Morgan fingerprint density at radius 1 is 1.50 bits per heavy atom. The van der Waals surface area contributed by atoms with E-state index in [1.54, 1.807) is 7.11 Å². The van der Waals surface area contributed by atoms with E-state index in [1.165, 1.54) is 0 Å². The van der Waals surface area contributed by atoms with E-state index in [0.717, 1.165) is 32.5 Å². The first-order chi connectivity index (χ1) is 8.67. The van der Waals surface area contributed by atoms with Gasteiger partial charge in [-0.25, -0.2) is 0 Å². The molecule has 0 aliphatic carbocycles. The van der Waals surface area contributed by atoms with Crippen molar-refractivity contribution >= 4 is 6.01 Å². The number of anilines is 1. The van der Waals surface area contributed by atoms with Crippen LogP contribution in [0.25, 0.3) is 0 Å². The van der Waals surface area contributed by atoms with Crippen molar-refractivity contribution in [1.29, 1.82) is 0 Å². The summed E-state index contributed by atoms with van der Waals surface area (Å²) >= 11 is 0. The number of aromatic nitrogens is 2. The Labute approximate surface area is 108 Å². The van der Waals surface area contributed by atoms with Crippen molar-refractivity contribution in [2.24, 2.45) is 0 Å². The molecule has 2 rings (SSSR count). The second-order valence-electron chi connectivity index (χ2n) is 4.94. The van der Waals surface area contributed by atoms with E-state index in [9.17, 15) is 0 Å². The molecule has 102 valence electrons. The van der Waals surface area contributed by atoms with Gasteiger partial charge in [-0.3, -0.25) is 0 Å². The molecule has 1 unspecified atom stereocenters. The topological polar surface area (TPSA) is 63.4 Å². The van der Waals surface area contributed by atoms with E-state index in [0.29, 0.717) is 18.5 Å². The molecule has 0 bridgehead atoms. The van der Waals surface area contributed by atoms with Gasteiger partial charge >= 0.3 is 6.01 Å². The van der Waals surface area contributed by atoms with Crippen molar-refractivity contribution in [3.05, 3.63) is 5.89 Å². The molecule has 2 heterocycles. The quantitative estimate of drug-likeness (QED) is 0.851. The van der Waals surface area contributed by atoms with Gasteiger partial charge in [-0.05, 0) is 26.3 Å². The SMILES string of the molecule is CCNCc1nnc(N2CCCC(C)(OC)C2)o1.